The lowest BCUT2D eigenvalue weighted by Gasteiger charge is -2.10. The maximum absolute atomic E-state index is 13.4. The summed E-state index contributed by atoms with van der Waals surface area (Å²) in [4.78, 5) is 18.1. The Hall–Kier alpha value is -4.64. The minimum absolute atomic E-state index is 0.444. The van der Waals surface area contributed by atoms with Gasteiger partial charge in [0.05, 0.1) is 23.9 Å². The molecule has 0 fully saturated rings. The molecule has 0 saturated heterocycles. The zero-order chi connectivity index (χ0) is 23.1. The number of carbonyl (C=O) groups excluding carboxylic acids is 1. The number of fused-ring (bicyclic) bond motifs is 4. The third-order valence-electron chi connectivity index (χ3n) is 5.88. The van der Waals surface area contributed by atoms with E-state index in [1.165, 1.54) is 0 Å². The molecule has 5 heteroatoms. The predicted octanol–water partition coefficient (Wildman–Crippen LogP) is 7.03. The average Bonchev–Trinajstić information content (AvgIpc) is 3.26. The van der Waals surface area contributed by atoms with Crippen LogP contribution >= 0.6 is 0 Å². The van der Waals surface area contributed by atoms with Gasteiger partial charge in [0.25, 0.3) is 0 Å². The standard InChI is InChI=1S/C29H19NO4/c1-32-19-12-10-18(11-13-19)26-17-24(21-6-2-4-8-25(21)30-26)29(31)33-20-14-15-28-23(16-20)22-7-3-5-9-27(22)34-28/h2-17H,1H3. The lowest BCUT2D eigenvalue weighted by atomic mass is 10.0. The van der Waals surface area contributed by atoms with Gasteiger partial charge in [-0.25, -0.2) is 9.78 Å². The van der Waals surface area contributed by atoms with Crippen molar-refractivity contribution in [1.82, 2.24) is 4.98 Å². The molecule has 0 amide bonds. The van der Waals surface area contributed by atoms with Crippen molar-refractivity contribution in [2.24, 2.45) is 0 Å². The van der Waals surface area contributed by atoms with Crippen LogP contribution in [-0.2, 0) is 0 Å². The summed E-state index contributed by atoms with van der Waals surface area (Å²) in [5.41, 5.74) is 4.28. The largest absolute Gasteiger partial charge is 0.497 e. The zero-order valence-electron chi connectivity index (χ0n) is 18.3. The van der Waals surface area contributed by atoms with Crippen LogP contribution in [0, 0.1) is 0 Å². The minimum atomic E-state index is -0.444. The molecule has 0 aliphatic heterocycles. The zero-order valence-corrected chi connectivity index (χ0v) is 18.3. The Bertz CT molecular complexity index is 1680. The molecule has 6 aromatic rings. The Kier molecular flexibility index (Phi) is 4.73. The molecule has 0 aliphatic carbocycles. The summed E-state index contributed by atoms with van der Waals surface area (Å²) in [7, 11) is 1.63. The second kappa shape index (κ2) is 8.05. The monoisotopic (exact) mass is 445 g/mol. The Labute approximate surface area is 195 Å². The van der Waals surface area contributed by atoms with E-state index in [0.29, 0.717) is 17.0 Å². The molecular formula is C29H19NO4. The molecule has 0 aliphatic rings. The molecule has 0 spiro atoms. The highest BCUT2D eigenvalue weighted by molar-refractivity contribution is 6.07. The second-order valence-electron chi connectivity index (χ2n) is 7.95. The average molecular weight is 445 g/mol. The summed E-state index contributed by atoms with van der Waals surface area (Å²) in [5.74, 6) is 0.766. The van der Waals surface area contributed by atoms with E-state index in [9.17, 15) is 4.79 Å². The first-order chi connectivity index (χ1) is 16.7. The Morgan fingerprint density at radius 3 is 2.26 bits per heavy atom. The smallest absolute Gasteiger partial charge is 0.344 e. The fourth-order valence-corrected chi connectivity index (χ4v) is 4.18. The van der Waals surface area contributed by atoms with Gasteiger partial charge in [-0.15, -0.1) is 0 Å². The normalized spacial score (nSPS) is 11.2. The van der Waals surface area contributed by atoms with Gasteiger partial charge < -0.3 is 13.9 Å². The molecule has 2 aromatic heterocycles. The van der Waals surface area contributed by atoms with Crippen molar-refractivity contribution in [2.75, 3.05) is 7.11 Å². The van der Waals surface area contributed by atoms with Crippen molar-refractivity contribution in [3.63, 3.8) is 0 Å². The van der Waals surface area contributed by atoms with Crippen molar-refractivity contribution >= 4 is 38.8 Å². The highest BCUT2D eigenvalue weighted by Gasteiger charge is 2.17. The highest BCUT2D eigenvalue weighted by atomic mass is 16.5. The number of hydrogen-bond donors (Lipinski definition) is 0. The number of furan rings is 1. The van der Waals surface area contributed by atoms with Crippen LogP contribution in [0.1, 0.15) is 10.4 Å². The fraction of sp³-hybridized carbons (Fsp3) is 0.0345. The van der Waals surface area contributed by atoms with Crippen molar-refractivity contribution in [1.29, 1.82) is 0 Å². The van der Waals surface area contributed by atoms with Gasteiger partial charge in [0.2, 0.25) is 0 Å². The predicted molar refractivity (Wildman–Crippen MR) is 132 cm³/mol. The van der Waals surface area contributed by atoms with Crippen molar-refractivity contribution in [3.8, 4) is 22.8 Å². The fourth-order valence-electron chi connectivity index (χ4n) is 4.18. The molecule has 0 N–H and O–H groups in total. The van der Waals surface area contributed by atoms with Gasteiger partial charge in [-0.1, -0.05) is 36.4 Å². The Morgan fingerprint density at radius 1 is 0.735 bits per heavy atom. The van der Waals surface area contributed by atoms with E-state index in [0.717, 1.165) is 44.2 Å². The summed E-state index contributed by atoms with van der Waals surface area (Å²) in [6.07, 6.45) is 0. The molecule has 0 saturated carbocycles. The van der Waals surface area contributed by atoms with Crippen LogP contribution in [0.5, 0.6) is 11.5 Å². The van der Waals surface area contributed by atoms with Gasteiger partial charge >= 0.3 is 5.97 Å². The number of methoxy groups -OCH3 is 1. The Morgan fingerprint density at radius 2 is 1.44 bits per heavy atom. The summed E-state index contributed by atoms with van der Waals surface area (Å²) in [6.45, 7) is 0. The molecule has 164 valence electrons. The quantitative estimate of drug-likeness (QED) is 0.215. The van der Waals surface area contributed by atoms with Gasteiger partial charge in [0.15, 0.2) is 0 Å². The van der Waals surface area contributed by atoms with E-state index >= 15 is 0 Å². The van der Waals surface area contributed by atoms with Gasteiger partial charge in [-0.05, 0) is 60.7 Å². The molecular weight excluding hydrogens is 426 g/mol. The van der Waals surface area contributed by atoms with Crippen molar-refractivity contribution in [3.05, 3.63) is 103 Å². The summed E-state index contributed by atoms with van der Waals surface area (Å²) >= 11 is 0. The number of aromatic nitrogens is 1. The topological polar surface area (TPSA) is 61.6 Å². The van der Waals surface area contributed by atoms with Crippen molar-refractivity contribution < 1.29 is 18.7 Å². The number of hydrogen-bond acceptors (Lipinski definition) is 5. The van der Waals surface area contributed by atoms with Crippen LogP contribution in [0.15, 0.2) is 101 Å². The number of nitrogens with zero attached hydrogens (tertiary/aromatic N) is 1. The first-order valence-electron chi connectivity index (χ1n) is 10.9. The van der Waals surface area contributed by atoms with E-state index in [4.69, 9.17) is 18.9 Å². The number of benzene rings is 4. The van der Waals surface area contributed by atoms with Crippen LogP contribution in [0.4, 0.5) is 0 Å². The van der Waals surface area contributed by atoms with Crippen molar-refractivity contribution in [2.45, 2.75) is 0 Å². The minimum Gasteiger partial charge on any atom is -0.497 e. The number of carbonyl (C=O) groups is 1. The molecule has 2 heterocycles. The molecule has 5 nitrogen and oxygen atoms in total. The maximum atomic E-state index is 13.4. The summed E-state index contributed by atoms with van der Waals surface area (Å²) in [5, 5.41) is 2.62. The number of pyridine rings is 1. The highest BCUT2D eigenvalue weighted by Crippen LogP contribution is 2.32. The first-order valence-corrected chi connectivity index (χ1v) is 10.9. The van der Waals surface area contributed by atoms with Crippen LogP contribution in [0.3, 0.4) is 0 Å². The molecule has 34 heavy (non-hydrogen) atoms. The summed E-state index contributed by atoms with van der Waals surface area (Å²) < 4.78 is 17.0. The van der Waals surface area contributed by atoms with E-state index < -0.39 is 5.97 Å². The number of esters is 1. The van der Waals surface area contributed by atoms with Crippen LogP contribution in [0.25, 0.3) is 44.1 Å². The number of para-hydroxylation sites is 2. The lowest BCUT2D eigenvalue weighted by Crippen LogP contribution is -2.10. The third kappa shape index (κ3) is 3.44. The SMILES string of the molecule is COc1ccc(-c2cc(C(=O)Oc3ccc4oc5ccccc5c4c3)c3ccccc3n2)cc1. The molecule has 0 bridgehead atoms. The van der Waals surface area contributed by atoms with Crippen LogP contribution in [-0.4, -0.2) is 18.1 Å². The first kappa shape index (κ1) is 20.0. The maximum Gasteiger partial charge on any atom is 0.344 e. The number of rotatable bonds is 4. The van der Waals surface area contributed by atoms with Crippen LogP contribution < -0.4 is 9.47 Å². The second-order valence-corrected chi connectivity index (χ2v) is 7.95. The van der Waals surface area contributed by atoms with Gasteiger partial charge in [0.1, 0.15) is 22.7 Å². The lowest BCUT2D eigenvalue weighted by molar-refractivity contribution is 0.0737. The summed E-state index contributed by atoms with van der Waals surface area (Å²) in [6, 6.07) is 30.1. The molecule has 0 atom stereocenters. The molecule has 4 aromatic carbocycles. The van der Waals surface area contributed by atoms with Crippen LogP contribution in [0.2, 0.25) is 0 Å². The van der Waals surface area contributed by atoms with E-state index in [1.54, 1.807) is 19.2 Å². The Balaban J connectivity index is 1.41. The van der Waals surface area contributed by atoms with Gasteiger partial charge in [-0.3, -0.25) is 0 Å². The van der Waals surface area contributed by atoms with Gasteiger partial charge in [0, 0.05) is 21.7 Å². The number of ether oxygens (including phenoxy) is 2. The van der Waals surface area contributed by atoms with E-state index in [-0.39, 0.29) is 0 Å². The van der Waals surface area contributed by atoms with Gasteiger partial charge in [-0.2, -0.15) is 0 Å². The molecule has 0 radical (unpaired) electrons. The van der Waals surface area contributed by atoms with E-state index in [2.05, 4.69) is 0 Å². The molecule has 0 unspecified atom stereocenters. The molecule has 6 rings (SSSR count). The third-order valence-corrected chi connectivity index (χ3v) is 5.88. The van der Waals surface area contributed by atoms with E-state index in [1.807, 2.05) is 84.9 Å².